The standard InChI is InChI=1S/C14H15BrN2OS/c1-8-5-11(19-9(8)2)7-17-14(18)10-3-4-13(16)12(15)6-10/h3-6H,7,16H2,1-2H3,(H,17,18). The van der Waals surface area contributed by atoms with Crippen molar-refractivity contribution >= 4 is 38.9 Å². The van der Waals surface area contributed by atoms with Crippen LogP contribution in [0.1, 0.15) is 25.7 Å². The first-order valence-electron chi connectivity index (χ1n) is 5.86. The number of carbonyl (C=O) groups excluding carboxylic acids is 1. The molecule has 1 amide bonds. The number of amides is 1. The Kier molecular flexibility index (Phi) is 4.27. The van der Waals surface area contributed by atoms with Gasteiger partial charge in [0.05, 0.1) is 6.54 Å². The topological polar surface area (TPSA) is 55.1 Å². The Morgan fingerprint density at radius 3 is 2.68 bits per heavy atom. The Morgan fingerprint density at radius 2 is 2.11 bits per heavy atom. The van der Waals surface area contributed by atoms with Gasteiger partial charge in [-0.15, -0.1) is 11.3 Å². The average molecular weight is 339 g/mol. The molecule has 1 aromatic carbocycles. The Balaban J connectivity index is 2.03. The Hall–Kier alpha value is -1.33. The molecule has 5 heteroatoms. The zero-order chi connectivity index (χ0) is 14.0. The van der Waals surface area contributed by atoms with Crippen LogP contribution in [-0.2, 0) is 6.54 Å². The molecular weight excluding hydrogens is 324 g/mol. The van der Waals surface area contributed by atoms with Crippen molar-refractivity contribution in [2.24, 2.45) is 0 Å². The quantitative estimate of drug-likeness (QED) is 0.839. The van der Waals surface area contributed by atoms with Gasteiger partial charge in [0, 0.05) is 25.5 Å². The van der Waals surface area contributed by atoms with Gasteiger partial charge in [0.2, 0.25) is 0 Å². The maximum absolute atomic E-state index is 12.0. The van der Waals surface area contributed by atoms with Crippen LogP contribution in [0.25, 0.3) is 0 Å². The number of nitrogens with two attached hydrogens (primary N) is 1. The second-order valence-electron chi connectivity index (χ2n) is 4.37. The molecule has 3 N–H and O–H groups in total. The smallest absolute Gasteiger partial charge is 0.251 e. The lowest BCUT2D eigenvalue weighted by atomic mass is 10.2. The molecule has 0 aliphatic rings. The van der Waals surface area contributed by atoms with Crippen LogP contribution in [0.15, 0.2) is 28.7 Å². The average Bonchev–Trinajstić information content (AvgIpc) is 2.69. The molecule has 0 radical (unpaired) electrons. The lowest BCUT2D eigenvalue weighted by Crippen LogP contribution is -2.22. The highest BCUT2D eigenvalue weighted by Gasteiger charge is 2.08. The molecule has 1 heterocycles. The third-order valence-corrected chi connectivity index (χ3v) is 4.74. The minimum absolute atomic E-state index is 0.0931. The first-order chi connectivity index (χ1) is 8.97. The van der Waals surface area contributed by atoms with Gasteiger partial charge in [0.25, 0.3) is 5.91 Å². The van der Waals surface area contributed by atoms with E-state index in [0.29, 0.717) is 17.8 Å². The highest BCUT2D eigenvalue weighted by molar-refractivity contribution is 9.10. The number of nitrogen functional groups attached to an aromatic ring is 1. The van der Waals surface area contributed by atoms with Crippen LogP contribution < -0.4 is 11.1 Å². The van der Waals surface area contributed by atoms with Gasteiger partial charge in [0.15, 0.2) is 0 Å². The molecule has 0 spiro atoms. The number of carbonyl (C=O) groups is 1. The SMILES string of the molecule is Cc1cc(CNC(=O)c2ccc(N)c(Br)c2)sc1C. The van der Waals surface area contributed by atoms with E-state index in [1.807, 2.05) is 0 Å². The molecular formula is C14H15BrN2OS. The second kappa shape index (κ2) is 5.75. The summed E-state index contributed by atoms with van der Waals surface area (Å²) in [5.74, 6) is -0.0931. The van der Waals surface area contributed by atoms with E-state index < -0.39 is 0 Å². The molecule has 0 unspecified atom stereocenters. The Bertz CT molecular complexity index is 602. The van der Waals surface area contributed by atoms with Crippen LogP contribution in [0.5, 0.6) is 0 Å². The number of rotatable bonds is 3. The van der Waals surface area contributed by atoms with Gasteiger partial charge in [-0.2, -0.15) is 0 Å². The van der Waals surface area contributed by atoms with Crippen molar-refractivity contribution in [3.63, 3.8) is 0 Å². The summed E-state index contributed by atoms with van der Waals surface area (Å²) >= 11 is 5.03. The fourth-order valence-electron chi connectivity index (χ4n) is 1.67. The third-order valence-electron chi connectivity index (χ3n) is 2.90. The van der Waals surface area contributed by atoms with E-state index in [2.05, 4.69) is 41.2 Å². The molecule has 100 valence electrons. The summed E-state index contributed by atoms with van der Waals surface area (Å²) in [6, 6.07) is 7.29. The van der Waals surface area contributed by atoms with Crippen LogP contribution in [0.4, 0.5) is 5.69 Å². The molecule has 19 heavy (non-hydrogen) atoms. The lowest BCUT2D eigenvalue weighted by molar-refractivity contribution is 0.0951. The number of thiophene rings is 1. The lowest BCUT2D eigenvalue weighted by Gasteiger charge is -2.05. The van der Waals surface area contributed by atoms with Crippen molar-refractivity contribution in [1.29, 1.82) is 0 Å². The monoisotopic (exact) mass is 338 g/mol. The number of anilines is 1. The summed E-state index contributed by atoms with van der Waals surface area (Å²) in [4.78, 5) is 14.5. The number of aryl methyl sites for hydroxylation is 2. The predicted molar refractivity (Wildman–Crippen MR) is 83.5 cm³/mol. The van der Waals surface area contributed by atoms with Crippen molar-refractivity contribution in [2.45, 2.75) is 20.4 Å². The molecule has 0 saturated heterocycles. The van der Waals surface area contributed by atoms with Crippen LogP contribution in [0.2, 0.25) is 0 Å². The van der Waals surface area contributed by atoms with Gasteiger partial charge in [0.1, 0.15) is 0 Å². The molecule has 0 saturated carbocycles. The number of halogens is 1. The van der Waals surface area contributed by atoms with Crippen LogP contribution in [0.3, 0.4) is 0 Å². The van der Waals surface area contributed by atoms with Crippen molar-refractivity contribution in [3.8, 4) is 0 Å². The van der Waals surface area contributed by atoms with E-state index >= 15 is 0 Å². The van der Waals surface area contributed by atoms with E-state index in [9.17, 15) is 4.79 Å². The zero-order valence-electron chi connectivity index (χ0n) is 10.8. The fourth-order valence-corrected chi connectivity index (χ4v) is 3.05. The van der Waals surface area contributed by atoms with Crippen molar-refractivity contribution in [3.05, 3.63) is 49.6 Å². The van der Waals surface area contributed by atoms with E-state index in [4.69, 9.17) is 5.73 Å². The Labute approximate surface area is 125 Å². The largest absolute Gasteiger partial charge is 0.398 e. The van der Waals surface area contributed by atoms with Gasteiger partial charge in [-0.3, -0.25) is 4.79 Å². The maximum Gasteiger partial charge on any atom is 0.251 e. The summed E-state index contributed by atoms with van der Waals surface area (Å²) in [7, 11) is 0. The van der Waals surface area contributed by atoms with Gasteiger partial charge in [-0.1, -0.05) is 0 Å². The minimum Gasteiger partial charge on any atom is -0.398 e. The van der Waals surface area contributed by atoms with E-state index in [1.54, 1.807) is 29.5 Å². The summed E-state index contributed by atoms with van der Waals surface area (Å²) < 4.78 is 0.739. The first-order valence-corrected chi connectivity index (χ1v) is 7.47. The summed E-state index contributed by atoms with van der Waals surface area (Å²) in [6.45, 7) is 4.72. The van der Waals surface area contributed by atoms with Crippen molar-refractivity contribution < 1.29 is 4.79 Å². The molecule has 3 nitrogen and oxygen atoms in total. The summed E-state index contributed by atoms with van der Waals surface area (Å²) in [6.07, 6.45) is 0. The molecule has 0 bridgehead atoms. The summed E-state index contributed by atoms with van der Waals surface area (Å²) in [5.41, 5.74) is 8.19. The van der Waals surface area contributed by atoms with Gasteiger partial charge in [-0.05, 0) is 59.6 Å². The highest BCUT2D eigenvalue weighted by atomic mass is 79.9. The molecule has 0 fully saturated rings. The molecule has 1 aromatic heterocycles. The van der Waals surface area contributed by atoms with Gasteiger partial charge >= 0.3 is 0 Å². The molecule has 0 atom stereocenters. The van der Waals surface area contributed by atoms with Crippen LogP contribution in [0, 0.1) is 13.8 Å². The number of benzene rings is 1. The first kappa shape index (κ1) is 14.1. The number of hydrogen-bond acceptors (Lipinski definition) is 3. The van der Waals surface area contributed by atoms with Gasteiger partial charge < -0.3 is 11.1 Å². The second-order valence-corrected chi connectivity index (χ2v) is 6.57. The zero-order valence-corrected chi connectivity index (χ0v) is 13.2. The molecule has 2 aromatic rings. The van der Waals surface area contributed by atoms with E-state index in [0.717, 1.165) is 9.35 Å². The van der Waals surface area contributed by atoms with Crippen LogP contribution >= 0.6 is 27.3 Å². The van der Waals surface area contributed by atoms with E-state index in [-0.39, 0.29) is 5.91 Å². The third kappa shape index (κ3) is 3.36. The number of hydrogen-bond donors (Lipinski definition) is 2. The highest BCUT2D eigenvalue weighted by Crippen LogP contribution is 2.22. The summed E-state index contributed by atoms with van der Waals surface area (Å²) in [5, 5.41) is 2.91. The molecule has 0 aliphatic carbocycles. The van der Waals surface area contributed by atoms with Crippen LogP contribution in [-0.4, -0.2) is 5.91 Å². The maximum atomic E-state index is 12.0. The fraction of sp³-hybridized carbons (Fsp3) is 0.214. The minimum atomic E-state index is -0.0931. The predicted octanol–water partition coefficient (Wildman–Crippen LogP) is 3.64. The Morgan fingerprint density at radius 1 is 1.37 bits per heavy atom. The molecule has 0 aliphatic heterocycles. The van der Waals surface area contributed by atoms with E-state index in [1.165, 1.54) is 10.4 Å². The normalized spacial score (nSPS) is 10.5. The molecule has 2 rings (SSSR count). The van der Waals surface area contributed by atoms with Crippen molar-refractivity contribution in [2.75, 3.05) is 5.73 Å². The number of nitrogens with one attached hydrogen (secondary N) is 1. The van der Waals surface area contributed by atoms with Gasteiger partial charge in [-0.25, -0.2) is 0 Å². The van der Waals surface area contributed by atoms with Crippen molar-refractivity contribution in [1.82, 2.24) is 5.32 Å².